The van der Waals surface area contributed by atoms with Crippen LogP contribution in [0.3, 0.4) is 0 Å². The topological polar surface area (TPSA) is 54.2 Å². The average Bonchev–Trinajstić information content (AvgIpc) is 2.85. The Kier molecular flexibility index (Phi) is 4.06. The van der Waals surface area contributed by atoms with Gasteiger partial charge in [-0.05, 0) is 43.9 Å². The van der Waals surface area contributed by atoms with E-state index in [-0.39, 0.29) is 5.75 Å². The zero-order chi connectivity index (χ0) is 15.5. The molecule has 0 spiro atoms. The molecule has 0 aliphatic heterocycles. The highest BCUT2D eigenvalue weighted by Crippen LogP contribution is 2.18. The number of likely N-dealkylation sites (N-methyl/N-ethyl adjacent to an activating group) is 1. The van der Waals surface area contributed by atoms with Crippen molar-refractivity contribution >= 4 is 11.2 Å². The molecule has 2 heterocycles. The number of nitrogens with zero attached hydrogens (tertiary/aromatic N) is 4. The molecule has 0 saturated heterocycles. The van der Waals surface area contributed by atoms with E-state index < -0.39 is 0 Å². The maximum atomic E-state index is 9.40. The van der Waals surface area contributed by atoms with Crippen molar-refractivity contribution in [1.29, 1.82) is 0 Å². The first kappa shape index (κ1) is 14.5. The Morgan fingerprint density at radius 1 is 1.14 bits per heavy atom. The first-order chi connectivity index (χ1) is 10.6. The first-order valence-electron chi connectivity index (χ1n) is 7.36. The summed E-state index contributed by atoms with van der Waals surface area (Å²) >= 11 is 0. The SMILES string of the molecule is CN(C)CCn1c(Cc2ccc(O)cc2)nc2cccnc21. The van der Waals surface area contributed by atoms with Crippen molar-refractivity contribution < 1.29 is 5.11 Å². The van der Waals surface area contributed by atoms with Crippen LogP contribution >= 0.6 is 0 Å². The van der Waals surface area contributed by atoms with Crippen molar-refractivity contribution in [3.05, 3.63) is 54.0 Å². The van der Waals surface area contributed by atoms with Crippen LogP contribution in [0.15, 0.2) is 42.6 Å². The molecule has 0 saturated carbocycles. The summed E-state index contributed by atoms with van der Waals surface area (Å²) in [5.74, 6) is 1.28. The van der Waals surface area contributed by atoms with Gasteiger partial charge in [0.25, 0.3) is 0 Å². The van der Waals surface area contributed by atoms with Gasteiger partial charge in [0.05, 0.1) is 0 Å². The Morgan fingerprint density at radius 3 is 2.64 bits per heavy atom. The molecule has 1 N–H and O–H groups in total. The fourth-order valence-corrected chi connectivity index (χ4v) is 2.47. The van der Waals surface area contributed by atoms with Crippen LogP contribution in [-0.4, -0.2) is 45.2 Å². The van der Waals surface area contributed by atoms with Crippen LogP contribution in [0.25, 0.3) is 11.2 Å². The summed E-state index contributed by atoms with van der Waals surface area (Å²) in [5, 5.41) is 9.40. The summed E-state index contributed by atoms with van der Waals surface area (Å²) < 4.78 is 2.18. The van der Waals surface area contributed by atoms with E-state index in [1.807, 2.05) is 24.3 Å². The van der Waals surface area contributed by atoms with Crippen LogP contribution in [0.5, 0.6) is 5.75 Å². The van der Waals surface area contributed by atoms with Gasteiger partial charge in [0.15, 0.2) is 5.65 Å². The molecule has 114 valence electrons. The van der Waals surface area contributed by atoms with Gasteiger partial charge in [-0.2, -0.15) is 0 Å². The predicted molar refractivity (Wildman–Crippen MR) is 87.0 cm³/mol. The van der Waals surface area contributed by atoms with Crippen LogP contribution in [-0.2, 0) is 13.0 Å². The molecule has 5 heteroatoms. The van der Waals surface area contributed by atoms with Crippen LogP contribution in [0.2, 0.25) is 0 Å². The smallest absolute Gasteiger partial charge is 0.160 e. The summed E-state index contributed by atoms with van der Waals surface area (Å²) in [4.78, 5) is 11.4. The van der Waals surface area contributed by atoms with Crippen LogP contribution in [0.1, 0.15) is 11.4 Å². The summed E-state index contributed by atoms with van der Waals surface area (Å²) in [6, 6.07) is 11.2. The highest BCUT2D eigenvalue weighted by Gasteiger charge is 2.12. The molecule has 2 aromatic heterocycles. The molecule has 5 nitrogen and oxygen atoms in total. The van der Waals surface area contributed by atoms with Gasteiger partial charge in [-0.1, -0.05) is 12.1 Å². The van der Waals surface area contributed by atoms with Crippen LogP contribution in [0.4, 0.5) is 0 Å². The first-order valence-corrected chi connectivity index (χ1v) is 7.36. The van der Waals surface area contributed by atoms with E-state index in [1.54, 1.807) is 18.3 Å². The molecule has 0 amide bonds. The molecule has 0 fully saturated rings. The Hall–Kier alpha value is -2.40. The van der Waals surface area contributed by atoms with Crippen molar-refractivity contribution in [3.8, 4) is 5.75 Å². The number of phenols is 1. The van der Waals surface area contributed by atoms with E-state index in [4.69, 9.17) is 4.98 Å². The number of benzene rings is 1. The number of imidazole rings is 1. The second-order valence-electron chi connectivity index (χ2n) is 5.67. The number of aromatic hydroxyl groups is 1. The largest absolute Gasteiger partial charge is 0.508 e. The molecule has 0 bridgehead atoms. The van der Waals surface area contributed by atoms with Crippen molar-refractivity contribution in [2.45, 2.75) is 13.0 Å². The van der Waals surface area contributed by atoms with Crippen molar-refractivity contribution in [2.24, 2.45) is 0 Å². The Labute approximate surface area is 129 Å². The molecule has 0 aliphatic carbocycles. The number of rotatable bonds is 5. The maximum absolute atomic E-state index is 9.40. The quantitative estimate of drug-likeness (QED) is 0.785. The van der Waals surface area contributed by atoms with E-state index in [1.165, 1.54) is 0 Å². The second kappa shape index (κ2) is 6.15. The number of phenolic OH excluding ortho intramolecular Hbond substituents is 1. The predicted octanol–water partition coefficient (Wildman–Crippen LogP) is 2.29. The molecular weight excluding hydrogens is 276 g/mol. The Bertz CT molecular complexity index is 762. The summed E-state index contributed by atoms with van der Waals surface area (Å²) in [6.45, 7) is 1.79. The lowest BCUT2D eigenvalue weighted by Crippen LogP contribution is -2.19. The fourth-order valence-electron chi connectivity index (χ4n) is 2.47. The van der Waals surface area contributed by atoms with Crippen molar-refractivity contribution in [2.75, 3.05) is 20.6 Å². The minimum Gasteiger partial charge on any atom is -0.508 e. The van der Waals surface area contributed by atoms with Gasteiger partial charge in [-0.3, -0.25) is 0 Å². The van der Waals surface area contributed by atoms with Gasteiger partial charge in [0.1, 0.15) is 17.1 Å². The van der Waals surface area contributed by atoms with Gasteiger partial charge >= 0.3 is 0 Å². The highest BCUT2D eigenvalue weighted by molar-refractivity contribution is 5.71. The third-order valence-corrected chi connectivity index (χ3v) is 3.65. The molecule has 0 aliphatic rings. The highest BCUT2D eigenvalue weighted by atomic mass is 16.3. The average molecular weight is 296 g/mol. The molecular formula is C17H20N4O. The zero-order valence-electron chi connectivity index (χ0n) is 12.9. The van der Waals surface area contributed by atoms with Gasteiger partial charge in [-0.15, -0.1) is 0 Å². The number of aromatic nitrogens is 3. The van der Waals surface area contributed by atoms with Crippen molar-refractivity contribution in [3.63, 3.8) is 0 Å². The molecule has 3 aromatic rings. The monoisotopic (exact) mass is 296 g/mol. The minimum absolute atomic E-state index is 0.284. The summed E-state index contributed by atoms with van der Waals surface area (Å²) in [7, 11) is 4.12. The second-order valence-corrected chi connectivity index (χ2v) is 5.67. The van der Waals surface area contributed by atoms with Crippen molar-refractivity contribution in [1.82, 2.24) is 19.4 Å². The number of hydrogen-bond donors (Lipinski definition) is 1. The molecule has 22 heavy (non-hydrogen) atoms. The zero-order valence-corrected chi connectivity index (χ0v) is 12.9. The molecule has 1 aromatic carbocycles. The van der Waals surface area contributed by atoms with E-state index in [9.17, 15) is 5.11 Å². The molecule has 0 atom stereocenters. The van der Waals surface area contributed by atoms with E-state index in [0.29, 0.717) is 0 Å². The normalized spacial score (nSPS) is 11.4. The van der Waals surface area contributed by atoms with E-state index in [0.717, 1.165) is 42.1 Å². The molecule has 0 unspecified atom stereocenters. The van der Waals surface area contributed by atoms with Gasteiger partial charge in [0, 0.05) is 25.7 Å². The summed E-state index contributed by atoms with van der Waals surface area (Å²) in [5.41, 5.74) is 2.98. The fraction of sp³-hybridized carbons (Fsp3) is 0.294. The van der Waals surface area contributed by atoms with Gasteiger partial charge in [-0.25, -0.2) is 9.97 Å². The summed E-state index contributed by atoms with van der Waals surface area (Å²) in [6.07, 6.45) is 2.53. The third-order valence-electron chi connectivity index (χ3n) is 3.65. The number of pyridine rings is 1. The van der Waals surface area contributed by atoms with Crippen LogP contribution < -0.4 is 0 Å². The standard InChI is InChI=1S/C17H20N4O/c1-20(2)10-11-21-16(12-13-5-7-14(22)8-6-13)19-15-4-3-9-18-17(15)21/h3-9,22H,10-12H2,1-2H3. The molecule has 3 rings (SSSR count). The third kappa shape index (κ3) is 3.09. The van der Waals surface area contributed by atoms with E-state index >= 15 is 0 Å². The lowest BCUT2D eigenvalue weighted by molar-refractivity contribution is 0.383. The maximum Gasteiger partial charge on any atom is 0.160 e. The minimum atomic E-state index is 0.284. The molecule has 0 radical (unpaired) electrons. The lowest BCUT2D eigenvalue weighted by Gasteiger charge is -2.13. The Balaban J connectivity index is 1.96. The lowest BCUT2D eigenvalue weighted by atomic mass is 10.1. The van der Waals surface area contributed by atoms with Crippen LogP contribution in [0, 0.1) is 0 Å². The van der Waals surface area contributed by atoms with Gasteiger partial charge < -0.3 is 14.6 Å². The number of fused-ring (bicyclic) bond motifs is 1. The van der Waals surface area contributed by atoms with Gasteiger partial charge in [0.2, 0.25) is 0 Å². The number of hydrogen-bond acceptors (Lipinski definition) is 4. The van der Waals surface area contributed by atoms with E-state index in [2.05, 4.69) is 28.5 Å². The Morgan fingerprint density at radius 2 is 1.91 bits per heavy atom.